The molecule has 3 heterocycles. The molecule has 30 heavy (non-hydrogen) atoms. The van der Waals surface area contributed by atoms with Crippen LogP contribution in [-0.4, -0.2) is 20.9 Å². The highest BCUT2D eigenvalue weighted by atomic mass is 16.7. The highest BCUT2D eigenvalue weighted by molar-refractivity contribution is 5.73. The molecule has 1 aliphatic rings. The molecule has 0 saturated carbocycles. The molecule has 1 atom stereocenters. The maximum Gasteiger partial charge on any atom is 0.332 e. The van der Waals surface area contributed by atoms with Crippen LogP contribution in [0.25, 0.3) is 11.0 Å². The summed E-state index contributed by atoms with van der Waals surface area (Å²) in [6, 6.07) is 18.3. The molecular weight excluding hydrogens is 382 g/mol. The Morgan fingerprint density at radius 1 is 1.00 bits per heavy atom. The summed E-state index contributed by atoms with van der Waals surface area (Å²) in [4.78, 5) is 30.9. The van der Waals surface area contributed by atoms with Gasteiger partial charge in [0, 0.05) is 6.20 Å². The molecule has 7 heteroatoms. The number of hydrogen-bond donors (Lipinski definition) is 0. The zero-order valence-electron chi connectivity index (χ0n) is 16.3. The van der Waals surface area contributed by atoms with Gasteiger partial charge in [-0.1, -0.05) is 36.4 Å². The van der Waals surface area contributed by atoms with Gasteiger partial charge in [0.2, 0.25) is 6.79 Å². The third-order valence-electron chi connectivity index (χ3n) is 5.38. The van der Waals surface area contributed by atoms with Crippen LogP contribution < -0.4 is 20.7 Å². The molecule has 0 spiro atoms. The second-order valence-electron chi connectivity index (χ2n) is 7.19. The molecule has 0 unspecified atom stereocenters. The Labute approximate surface area is 171 Å². The van der Waals surface area contributed by atoms with E-state index in [-0.39, 0.29) is 30.6 Å². The fourth-order valence-corrected chi connectivity index (χ4v) is 3.82. The van der Waals surface area contributed by atoms with Crippen LogP contribution in [-0.2, 0) is 6.54 Å². The summed E-state index contributed by atoms with van der Waals surface area (Å²) in [7, 11) is 0. The fourth-order valence-electron chi connectivity index (χ4n) is 3.82. The second-order valence-corrected chi connectivity index (χ2v) is 7.19. The first-order valence-electron chi connectivity index (χ1n) is 9.67. The van der Waals surface area contributed by atoms with E-state index >= 15 is 0 Å². The van der Waals surface area contributed by atoms with Crippen molar-refractivity contribution in [1.29, 1.82) is 0 Å². The summed E-state index contributed by atoms with van der Waals surface area (Å²) in [5.41, 5.74) is 1.73. The van der Waals surface area contributed by atoms with E-state index in [0.717, 1.165) is 11.1 Å². The van der Waals surface area contributed by atoms with Gasteiger partial charge in [-0.05, 0) is 42.3 Å². The summed E-state index contributed by atoms with van der Waals surface area (Å²) in [5, 5.41) is 0. The molecule has 0 bridgehead atoms. The van der Waals surface area contributed by atoms with Crippen LogP contribution in [0.5, 0.6) is 11.5 Å². The minimum atomic E-state index is -0.412. The minimum Gasteiger partial charge on any atom is -0.454 e. The lowest BCUT2D eigenvalue weighted by molar-refractivity contribution is 0.174. The third-order valence-corrected chi connectivity index (χ3v) is 5.38. The lowest BCUT2D eigenvalue weighted by Crippen LogP contribution is -2.41. The molecular formula is C23H19N3O4. The van der Waals surface area contributed by atoms with Crippen molar-refractivity contribution in [2.75, 3.05) is 6.79 Å². The van der Waals surface area contributed by atoms with Crippen molar-refractivity contribution >= 4 is 11.0 Å². The standard InChI is InChI=1S/C23H19N3O4/c1-15(17-6-3-2-4-7-17)26-18-8-5-11-24-21(18)22(27)25(23(26)28)13-16-9-10-19-20(12-16)30-14-29-19/h2-12,15H,13-14H2,1H3/t15-/m1/s1. The van der Waals surface area contributed by atoms with Gasteiger partial charge in [0.1, 0.15) is 0 Å². The van der Waals surface area contributed by atoms with Gasteiger partial charge >= 0.3 is 5.69 Å². The van der Waals surface area contributed by atoms with Crippen LogP contribution in [0.3, 0.4) is 0 Å². The fraction of sp³-hybridized carbons (Fsp3) is 0.174. The summed E-state index contributed by atoms with van der Waals surface area (Å²) in [6.45, 7) is 2.22. The van der Waals surface area contributed by atoms with E-state index < -0.39 is 5.56 Å². The monoisotopic (exact) mass is 401 g/mol. The number of ether oxygens (including phenoxy) is 2. The Morgan fingerprint density at radius 3 is 2.63 bits per heavy atom. The van der Waals surface area contributed by atoms with Gasteiger partial charge in [-0.3, -0.25) is 13.9 Å². The second kappa shape index (κ2) is 7.18. The number of hydrogen-bond acceptors (Lipinski definition) is 5. The SMILES string of the molecule is C[C@H](c1ccccc1)n1c(=O)n(Cc2ccc3c(c2)OCO3)c(=O)c2ncccc21. The maximum atomic E-state index is 13.5. The first-order valence-corrected chi connectivity index (χ1v) is 9.67. The van der Waals surface area contributed by atoms with Crippen molar-refractivity contribution in [1.82, 2.24) is 14.1 Å². The first kappa shape index (κ1) is 18.2. The molecule has 1 aliphatic heterocycles. The average Bonchev–Trinajstić information content (AvgIpc) is 3.25. The number of fused-ring (bicyclic) bond motifs is 2. The van der Waals surface area contributed by atoms with Crippen LogP contribution >= 0.6 is 0 Å². The van der Waals surface area contributed by atoms with E-state index in [9.17, 15) is 9.59 Å². The largest absolute Gasteiger partial charge is 0.454 e. The van der Waals surface area contributed by atoms with Crippen molar-refractivity contribution in [2.24, 2.45) is 0 Å². The molecule has 7 nitrogen and oxygen atoms in total. The van der Waals surface area contributed by atoms with Crippen LogP contribution in [0.15, 0.2) is 76.4 Å². The molecule has 0 saturated heterocycles. The summed E-state index contributed by atoms with van der Waals surface area (Å²) in [6.07, 6.45) is 1.57. The highest BCUT2D eigenvalue weighted by Crippen LogP contribution is 2.32. The smallest absolute Gasteiger partial charge is 0.332 e. The Morgan fingerprint density at radius 2 is 1.80 bits per heavy atom. The molecule has 2 aromatic heterocycles. The quantitative estimate of drug-likeness (QED) is 0.526. The molecule has 0 aliphatic carbocycles. The first-order chi connectivity index (χ1) is 14.6. The minimum absolute atomic E-state index is 0.113. The zero-order chi connectivity index (χ0) is 20.7. The van der Waals surface area contributed by atoms with E-state index in [2.05, 4.69) is 4.98 Å². The number of benzene rings is 2. The average molecular weight is 401 g/mol. The van der Waals surface area contributed by atoms with Crippen molar-refractivity contribution in [3.05, 3.63) is 98.8 Å². The van der Waals surface area contributed by atoms with Gasteiger partial charge in [-0.15, -0.1) is 0 Å². The van der Waals surface area contributed by atoms with Gasteiger partial charge in [0.05, 0.1) is 18.1 Å². The predicted molar refractivity (Wildman–Crippen MR) is 112 cm³/mol. The Balaban J connectivity index is 1.69. The Hall–Kier alpha value is -3.87. The number of pyridine rings is 1. The Kier molecular flexibility index (Phi) is 4.35. The number of aromatic nitrogens is 3. The molecule has 0 amide bonds. The molecule has 150 valence electrons. The van der Waals surface area contributed by atoms with E-state index in [1.54, 1.807) is 35.0 Å². The molecule has 0 N–H and O–H groups in total. The normalized spacial score (nSPS) is 13.5. The van der Waals surface area contributed by atoms with Gasteiger partial charge in [-0.25, -0.2) is 9.78 Å². The van der Waals surface area contributed by atoms with Crippen LogP contribution in [0.4, 0.5) is 0 Å². The van der Waals surface area contributed by atoms with Gasteiger partial charge in [-0.2, -0.15) is 0 Å². The van der Waals surface area contributed by atoms with Crippen molar-refractivity contribution in [2.45, 2.75) is 19.5 Å². The van der Waals surface area contributed by atoms with Crippen molar-refractivity contribution < 1.29 is 9.47 Å². The highest BCUT2D eigenvalue weighted by Gasteiger charge is 2.20. The van der Waals surface area contributed by atoms with Crippen LogP contribution in [0, 0.1) is 0 Å². The van der Waals surface area contributed by atoms with Gasteiger partial charge in [0.15, 0.2) is 17.0 Å². The predicted octanol–water partition coefficient (Wildman–Crippen LogP) is 2.94. The van der Waals surface area contributed by atoms with E-state index in [4.69, 9.17) is 9.47 Å². The summed E-state index contributed by atoms with van der Waals surface area (Å²) >= 11 is 0. The topological polar surface area (TPSA) is 75.3 Å². The molecule has 0 radical (unpaired) electrons. The lowest BCUT2D eigenvalue weighted by Gasteiger charge is -2.20. The van der Waals surface area contributed by atoms with Crippen LogP contribution in [0.1, 0.15) is 24.1 Å². The summed E-state index contributed by atoms with van der Waals surface area (Å²) in [5.74, 6) is 1.26. The molecule has 5 rings (SSSR count). The van der Waals surface area contributed by atoms with E-state index in [0.29, 0.717) is 17.0 Å². The van der Waals surface area contributed by atoms with E-state index in [1.807, 2.05) is 43.3 Å². The number of rotatable bonds is 4. The summed E-state index contributed by atoms with van der Waals surface area (Å²) < 4.78 is 13.6. The van der Waals surface area contributed by atoms with Crippen LogP contribution in [0.2, 0.25) is 0 Å². The third kappa shape index (κ3) is 2.95. The van der Waals surface area contributed by atoms with Gasteiger partial charge in [0.25, 0.3) is 5.56 Å². The maximum absolute atomic E-state index is 13.5. The molecule has 4 aromatic rings. The number of nitrogens with zero attached hydrogens (tertiary/aromatic N) is 3. The lowest BCUT2D eigenvalue weighted by atomic mass is 10.1. The van der Waals surface area contributed by atoms with E-state index in [1.165, 1.54) is 4.57 Å². The zero-order valence-corrected chi connectivity index (χ0v) is 16.3. The van der Waals surface area contributed by atoms with Gasteiger partial charge < -0.3 is 9.47 Å². The Bertz CT molecular complexity index is 1360. The van der Waals surface area contributed by atoms with Crippen molar-refractivity contribution in [3.63, 3.8) is 0 Å². The van der Waals surface area contributed by atoms with Crippen molar-refractivity contribution in [3.8, 4) is 11.5 Å². The molecule has 2 aromatic carbocycles. The molecule has 0 fully saturated rings.